The highest BCUT2D eigenvalue weighted by molar-refractivity contribution is 5.25. The van der Waals surface area contributed by atoms with Crippen molar-refractivity contribution in [3.8, 4) is 6.01 Å². The van der Waals surface area contributed by atoms with Crippen molar-refractivity contribution in [1.82, 2.24) is 9.97 Å². The summed E-state index contributed by atoms with van der Waals surface area (Å²) >= 11 is 0. The third-order valence-electron chi connectivity index (χ3n) is 2.23. The predicted molar refractivity (Wildman–Crippen MR) is 59.1 cm³/mol. The Labute approximate surface area is 93.6 Å². The van der Waals surface area contributed by atoms with Gasteiger partial charge in [-0.05, 0) is 11.6 Å². The molecule has 0 bridgehead atoms. The summed E-state index contributed by atoms with van der Waals surface area (Å²) in [6.07, 6.45) is 0.811. The summed E-state index contributed by atoms with van der Waals surface area (Å²) in [5, 5.41) is 10.1. The average Bonchev–Trinajstić information content (AvgIpc) is 2.39. The van der Waals surface area contributed by atoms with Gasteiger partial charge in [0.2, 0.25) is 0 Å². The molecule has 1 heterocycles. The topological polar surface area (TPSA) is 55.2 Å². The molecule has 0 spiro atoms. The third-order valence-corrected chi connectivity index (χ3v) is 2.23. The fourth-order valence-electron chi connectivity index (χ4n) is 1.41. The first-order chi connectivity index (χ1) is 7.81. The standard InChI is InChI=1S/C12H12N2O2/c1-16-12-13-8-7-10(14-12)11(15)9-5-3-2-4-6-9/h2-8,11,15H,1H3. The number of aliphatic hydroxyl groups is 1. The number of hydrogen-bond donors (Lipinski definition) is 1. The Morgan fingerprint density at radius 2 is 1.94 bits per heavy atom. The summed E-state index contributed by atoms with van der Waals surface area (Å²) in [7, 11) is 1.49. The third kappa shape index (κ3) is 2.17. The molecule has 1 unspecified atom stereocenters. The Balaban J connectivity index is 2.30. The van der Waals surface area contributed by atoms with Crippen molar-refractivity contribution in [3.63, 3.8) is 0 Å². The largest absolute Gasteiger partial charge is 0.467 e. The average molecular weight is 216 g/mol. The monoisotopic (exact) mass is 216 g/mol. The molecule has 1 aromatic carbocycles. The second kappa shape index (κ2) is 4.72. The van der Waals surface area contributed by atoms with Crippen LogP contribution in [0, 0.1) is 0 Å². The van der Waals surface area contributed by atoms with Crippen LogP contribution in [0.4, 0.5) is 0 Å². The molecule has 2 rings (SSSR count). The molecule has 0 aliphatic carbocycles. The first-order valence-corrected chi connectivity index (χ1v) is 4.91. The van der Waals surface area contributed by atoms with E-state index < -0.39 is 6.10 Å². The SMILES string of the molecule is COc1nccc(C(O)c2ccccc2)n1. The molecule has 0 saturated heterocycles. The molecule has 0 aliphatic heterocycles. The number of aliphatic hydroxyl groups excluding tert-OH is 1. The van der Waals surface area contributed by atoms with Crippen molar-refractivity contribution in [1.29, 1.82) is 0 Å². The fraction of sp³-hybridized carbons (Fsp3) is 0.167. The van der Waals surface area contributed by atoms with Crippen LogP contribution >= 0.6 is 0 Å². The molecule has 82 valence electrons. The van der Waals surface area contributed by atoms with E-state index in [1.807, 2.05) is 30.3 Å². The van der Waals surface area contributed by atoms with E-state index in [2.05, 4.69) is 9.97 Å². The van der Waals surface area contributed by atoms with Crippen LogP contribution in [0.5, 0.6) is 6.01 Å². The number of nitrogens with zero attached hydrogens (tertiary/aromatic N) is 2. The molecule has 0 aliphatic rings. The molecule has 1 atom stereocenters. The number of aromatic nitrogens is 2. The molecule has 1 N–H and O–H groups in total. The second-order valence-corrected chi connectivity index (χ2v) is 3.28. The van der Waals surface area contributed by atoms with Crippen LogP contribution in [0.2, 0.25) is 0 Å². The predicted octanol–water partition coefficient (Wildman–Crippen LogP) is 1.57. The van der Waals surface area contributed by atoms with Crippen molar-refractivity contribution < 1.29 is 9.84 Å². The van der Waals surface area contributed by atoms with E-state index in [9.17, 15) is 5.11 Å². The second-order valence-electron chi connectivity index (χ2n) is 3.28. The highest BCUT2D eigenvalue weighted by Gasteiger charge is 2.12. The zero-order valence-corrected chi connectivity index (χ0v) is 8.87. The van der Waals surface area contributed by atoms with Gasteiger partial charge in [0.25, 0.3) is 0 Å². The summed E-state index contributed by atoms with van der Waals surface area (Å²) in [5.41, 5.74) is 1.32. The Hall–Kier alpha value is -1.94. The van der Waals surface area contributed by atoms with Gasteiger partial charge < -0.3 is 9.84 Å². The van der Waals surface area contributed by atoms with E-state index >= 15 is 0 Å². The van der Waals surface area contributed by atoms with E-state index in [4.69, 9.17) is 4.74 Å². The Morgan fingerprint density at radius 3 is 2.62 bits per heavy atom. The van der Waals surface area contributed by atoms with Crippen LogP contribution in [0.25, 0.3) is 0 Å². The molecule has 0 saturated carbocycles. The summed E-state index contributed by atoms with van der Waals surface area (Å²) in [6.45, 7) is 0. The minimum atomic E-state index is -0.752. The van der Waals surface area contributed by atoms with Gasteiger partial charge in [-0.15, -0.1) is 0 Å². The molecule has 1 aromatic heterocycles. The normalized spacial score (nSPS) is 12.1. The van der Waals surface area contributed by atoms with Gasteiger partial charge in [0, 0.05) is 6.20 Å². The molecule has 4 heteroatoms. The Morgan fingerprint density at radius 1 is 1.19 bits per heavy atom. The molecule has 0 fully saturated rings. The molecular formula is C12H12N2O2. The van der Waals surface area contributed by atoms with E-state index in [-0.39, 0.29) is 6.01 Å². The van der Waals surface area contributed by atoms with Crippen LogP contribution in [0.1, 0.15) is 17.4 Å². The van der Waals surface area contributed by atoms with Gasteiger partial charge in [-0.25, -0.2) is 4.98 Å². The van der Waals surface area contributed by atoms with Gasteiger partial charge in [-0.3, -0.25) is 0 Å². The van der Waals surface area contributed by atoms with Gasteiger partial charge in [0.05, 0.1) is 12.8 Å². The van der Waals surface area contributed by atoms with E-state index in [1.54, 1.807) is 12.3 Å². The number of methoxy groups -OCH3 is 1. The van der Waals surface area contributed by atoms with E-state index in [1.165, 1.54) is 7.11 Å². The minimum Gasteiger partial charge on any atom is -0.467 e. The van der Waals surface area contributed by atoms with Crippen molar-refractivity contribution in [3.05, 3.63) is 53.9 Å². The van der Waals surface area contributed by atoms with Crippen molar-refractivity contribution in [2.45, 2.75) is 6.10 Å². The highest BCUT2D eigenvalue weighted by atomic mass is 16.5. The summed E-state index contributed by atoms with van der Waals surface area (Å²) in [6, 6.07) is 11.3. The number of ether oxygens (including phenoxy) is 1. The summed E-state index contributed by atoms with van der Waals surface area (Å²) in [4.78, 5) is 7.97. The first-order valence-electron chi connectivity index (χ1n) is 4.91. The van der Waals surface area contributed by atoms with Crippen LogP contribution in [-0.4, -0.2) is 22.2 Å². The Bertz CT molecular complexity index is 460. The lowest BCUT2D eigenvalue weighted by molar-refractivity contribution is 0.213. The molecule has 16 heavy (non-hydrogen) atoms. The lowest BCUT2D eigenvalue weighted by atomic mass is 10.1. The van der Waals surface area contributed by atoms with Gasteiger partial charge >= 0.3 is 6.01 Å². The van der Waals surface area contributed by atoms with Crippen LogP contribution in [0.15, 0.2) is 42.6 Å². The minimum absolute atomic E-state index is 0.257. The highest BCUT2D eigenvalue weighted by Crippen LogP contribution is 2.20. The zero-order valence-electron chi connectivity index (χ0n) is 8.87. The lowest BCUT2D eigenvalue weighted by Crippen LogP contribution is -2.04. The van der Waals surface area contributed by atoms with Crippen molar-refractivity contribution >= 4 is 0 Å². The van der Waals surface area contributed by atoms with Crippen LogP contribution in [0.3, 0.4) is 0 Å². The molecule has 2 aromatic rings. The smallest absolute Gasteiger partial charge is 0.316 e. The maximum absolute atomic E-state index is 10.1. The number of rotatable bonds is 3. The zero-order chi connectivity index (χ0) is 11.4. The quantitative estimate of drug-likeness (QED) is 0.846. The van der Waals surface area contributed by atoms with Gasteiger partial charge in [-0.1, -0.05) is 30.3 Å². The fourth-order valence-corrected chi connectivity index (χ4v) is 1.41. The van der Waals surface area contributed by atoms with Crippen molar-refractivity contribution in [2.24, 2.45) is 0 Å². The maximum Gasteiger partial charge on any atom is 0.316 e. The maximum atomic E-state index is 10.1. The lowest BCUT2D eigenvalue weighted by Gasteiger charge is -2.10. The number of hydrogen-bond acceptors (Lipinski definition) is 4. The van der Waals surface area contributed by atoms with E-state index in [0.29, 0.717) is 5.69 Å². The Kier molecular flexibility index (Phi) is 3.12. The first kappa shape index (κ1) is 10.6. The number of benzene rings is 1. The van der Waals surface area contributed by atoms with Crippen molar-refractivity contribution in [2.75, 3.05) is 7.11 Å². The molecular weight excluding hydrogens is 204 g/mol. The van der Waals surface area contributed by atoms with Crippen LogP contribution in [-0.2, 0) is 0 Å². The molecule has 0 amide bonds. The summed E-state index contributed by atoms with van der Waals surface area (Å²) in [5.74, 6) is 0. The van der Waals surface area contributed by atoms with Gasteiger partial charge in [0.15, 0.2) is 0 Å². The van der Waals surface area contributed by atoms with Crippen LogP contribution < -0.4 is 4.74 Å². The van der Waals surface area contributed by atoms with E-state index in [0.717, 1.165) is 5.56 Å². The molecule has 4 nitrogen and oxygen atoms in total. The summed E-state index contributed by atoms with van der Waals surface area (Å²) < 4.78 is 4.91. The van der Waals surface area contributed by atoms with Gasteiger partial charge in [-0.2, -0.15) is 4.98 Å². The van der Waals surface area contributed by atoms with Gasteiger partial charge in [0.1, 0.15) is 6.10 Å². The molecule has 0 radical (unpaired) electrons.